The molecule has 2 N–H and O–H groups in total. The molecule has 0 aromatic rings. The highest BCUT2D eigenvalue weighted by atomic mass is 16.5. The fraction of sp³-hybridized carbons (Fsp3) is 0.900. The van der Waals surface area contributed by atoms with Gasteiger partial charge in [-0.2, -0.15) is 0 Å². The Hall–Kier alpha value is -0.610. The maximum atomic E-state index is 11.9. The molecule has 1 heterocycles. The number of carbonyl (C=O) groups is 1. The first-order valence-electron chi connectivity index (χ1n) is 5.34. The monoisotopic (exact) mass is 198 g/mol. The summed E-state index contributed by atoms with van der Waals surface area (Å²) < 4.78 is 5.42. The van der Waals surface area contributed by atoms with E-state index in [-0.39, 0.29) is 5.91 Å². The van der Waals surface area contributed by atoms with Gasteiger partial charge in [0.2, 0.25) is 0 Å². The van der Waals surface area contributed by atoms with Crippen molar-refractivity contribution in [2.75, 3.05) is 20.2 Å². The molecular formula is C10H18N2O2. The Bertz CT molecular complexity index is 220. The van der Waals surface area contributed by atoms with Crippen LogP contribution in [-0.2, 0) is 9.53 Å². The molecule has 4 heteroatoms. The van der Waals surface area contributed by atoms with Gasteiger partial charge in [-0.25, -0.2) is 0 Å². The van der Waals surface area contributed by atoms with E-state index in [0.717, 1.165) is 38.8 Å². The lowest BCUT2D eigenvalue weighted by Crippen LogP contribution is -2.54. The van der Waals surface area contributed by atoms with Crippen LogP contribution in [0, 0.1) is 0 Å². The van der Waals surface area contributed by atoms with E-state index in [9.17, 15) is 4.79 Å². The van der Waals surface area contributed by atoms with Crippen LogP contribution in [0.15, 0.2) is 0 Å². The molecule has 14 heavy (non-hydrogen) atoms. The number of ether oxygens (including phenoxy) is 1. The molecule has 0 unspecified atom stereocenters. The largest absolute Gasteiger partial charge is 0.368 e. The van der Waals surface area contributed by atoms with Gasteiger partial charge in [0.15, 0.2) is 0 Å². The number of methoxy groups -OCH3 is 1. The van der Waals surface area contributed by atoms with Gasteiger partial charge in [0, 0.05) is 13.2 Å². The predicted octanol–water partition coefficient (Wildman–Crippen LogP) is 0.0336. The maximum Gasteiger partial charge on any atom is 0.252 e. The molecule has 2 aliphatic rings. The predicted molar refractivity (Wildman–Crippen MR) is 53.0 cm³/mol. The summed E-state index contributed by atoms with van der Waals surface area (Å²) in [5, 5.41) is 6.26. The Morgan fingerprint density at radius 1 is 1.43 bits per heavy atom. The molecule has 4 nitrogen and oxygen atoms in total. The molecule has 2 rings (SSSR count). The van der Waals surface area contributed by atoms with Crippen molar-refractivity contribution in [1.29, 1.82) is 0 Å². The van der Waals surface area contributed by atoms with E-state index in [1.54, 1.807) is 7.11 Å². The van der Waals surface area contributed by atoms with Crippen LogP contribution >= 0.6 is 0 Å². The Balaban J connectivity index is 1.97. The molecule has 2 fully saturated rings. The highest BCUT2D eigenvalue weighted by Gasteiger charge is 2.41. The summed E-state index contributed by atoms with van der Waals surface area (Å²) in [6.45, 7) is 1.73. The molecular weight excluding hydrogens is 180 g/mol. The molecule has 1 aliphatic carbocycles. The number of nitrogens with one attached hydrogen (secondary N) is 2. The summed E-state index contributed by atoms with van der Waals surface area (Å²) in [4.78, 5) is 11.9. The molecule has 0 atom stereocenters. The molecule has 0 radical (unpaired) electrons. The second kappa shape index (κ2) is 3.87. The standard InChI is InChI=1S/C10H18N2O2/c1-14-10(4-6-11-7-5-10)9(13)12-8-2-3-8/h8,11H,2-7H2,1H3,(H,12,13). The lowest BCUT2D eigenvalue weighted by atomic mass is 9.91. The zero-order valence-electron chi connectivity index (χ0n) is 8.64. The van der Waals surface area contributed by atoms with Crippen LogP contribution in [0.2, 0.25) is 0 Å². The minimum absolute atomic E-state index is 0.0870. The van der Waals surface area contributed by atoms with Crippen LogP contribution in [0.4, 0.5) is 0 Å². The minimum Gasteiger partial charge on any atom is -0.368 e. The van der Waals surface area contributed by atoms with Crippen LogP contribution in [0.1, 0.15) is 25.7 Å². The molecule has 1 amide bonds. The van der Waals surface area contributed by atoms with Crippen molar-refractivity contribution >= 4 is 5.91 Å². The van der Waals surface area contributed by atoms with E-state index in [1.165, 1.54) is 0 Å². The highest BCUT2D eigenvalue weighted by Crippen LogP contribution is 2.25. The molecule has 1 saturated heterocycles. The third-order valence-electron chi connectivity index (χ3n) is 3.13. The van der Waals surface area contributed by atoms with E-state index in [4.69, 9.17) is 4.74 Å². The topological polar surface area (TPSA) is 50.4 Å². The van der Waals surface area contributed by atoms with Gasteiger partial charge in [0.25, 0.3) is 5.91 Å². The van der Waals surface area contributed by atoms with Crippen molar-refractivity contribution < 1.29 is 9.53 Å². The molecule has 0 spiro atoms. The fourth-order valence-corrected chi connectivity index (χ4v) is 1.90. The van der Waals surface area contributed by atoms with Gasteiger partial charge >= 0.3 is 0 Å². The van der Waals surface area contributed by atoms with E-state index in [1.807, 2.05) is 0 Å². The van der Waals surface area contributed by atoms with Crippen LogP contribution in [0.25, 0.3) is 0 Å². The molecule has 1 saturated carbocycles. The summed E-state index contributed by atoms with van der Waals surface area (Å²) in [5.74, 6) is 0.0870. The van der Waals surface area contributed by atoms with E-state index in [0.29, 0.717) is 6.04 Å². The van der Waals surface area contributed by atoms with Crippen molar-refractivity contribution in [3.8, 4) is 0 Å². The van der Waals surface area contributed by atoms with E-state index < -0.39 is 5.60 Å². The number of piperidine rings is 1. The number of amides is 1. The third-order valence-corrected chi connectivity index (χ3v) is 3.13. The molecule has 0 aromatic carbocycles. The zero-order valence-corrected chi connectivity index (χ0v) is 8.64. The van der Waals surface area contributed by atoms with Crippen molar-refractivity contribution in [2.24, 2.45) is 0 Å². The van der Waals surface area contributed by atoms with Gasteiger partial charge in [-0.05, 0) is 38.8 Å². The Labute approximate surface area is 84.4 Å². The molecule has 1 aliphatic heterocycles. The van der Waals surface area contributed by atoms with Gasteiger partial charge in [-0.15, -0.1) is 0 Å². The fourth-order valence-electron chi connectivity index (χ4n) is 1.90. The maximum absolute atomic E-state index is 11.9. The van der Waals surface area contributed by atoms with E-state index in [2.05, 4.69) is 10.6 Å². The number of carbonyl (C=O) groups excluding carboxylic acids is 1. The van der Waals surface area contributed by atoms with Crippen LogP contribution in [-0.4, -0.2) is 37.7 Å². The van der Waals surface area contributed by atoms with Crippen LogP contribution in [0.3, 0.4) is 0 Å². The summed E-state index contributed by atoms with van der Waals surface area (Å²) in [5.41, 5.74) is -0.562. The lowest BCUT2D eigenvalue weighted by Gasteiger charge is -2.34. The van der Waals surface area contributed by atoms with Crippen molar-refractivity contribution in [1.82, 2.24) is 10.6 Å². The lowest BCUT2D eigenvalue weighted by molar-refractivity contribution is -0.146. The number of hydrogen-bond donors (Lipinski definition) is 2. The van der Waals surface area contributed by atoms with Crippen molar-refractivity contribution in [3.63, 3.8) is 0 Å². The SMILES string of the molecule is COC1(C(=O)NC2CC2)CCNCC1. The summed E-state index contributed by atoms with van der Waals surface area (Å²) in [7, 11) is 1.64. The van der Waals surface area contributed by atoms with Crippen molar-refractivity contribution in [2.45, 2.75) is 37.3 Å². The van der Waals surface area contributed by atoms with Gasteiger partial charge < -0.3 is 15.4 Å². The minimum atomic E-state index is -0.562. The second-order valence-corrected chi connectivity index (χ2v) is 4.20. The Kier molecular flexibility index (Phi) is 2.74. The molecule has 80 valence electrons. The van der Waals surface area contributed by atoms with Crippen LogP contribution in [0.5, 0.6) is 0 Å². The third kappa shape index (κ3) is 1.91. The summed E-state index contributed by atoms with van der Waals surface area (Å²) in [6, 6.07) is 0.421. The Morgan fingerprint density at radius 2 is 2.07 bits per heavy atom. The second-order valence-electron chi connectivity index (χ2n) is 4.20. The van der Waals surface area contributed by atoms with Crippen molar-refractivity contribution in [3.05, 3.63) is 0 Å². The van der Waals surface area contributed by atoms with Gasteiger partial charge in [-0.1, -0.05) is 0 Å². The molecule has 0 aromatic heterocycles. The van der Waals surface area contributed by atoms with Crippen LogP contribution < -0.4 is 10.6 Å². The van der Waals surface area contributed by atoms with Gasteiger partial charge in [0.05, 0.1) is 0 Å². The summed E-state index contributed by atoms with van der Waals surface area (Å²) >= 11 is 0. The first-order chi connectivity index (χ1) is 6.77. The summed E-state index contributed by atoms with van der Waals surface area (Å²) in [6.07, 6.45) is 3.82. The first-order valence-corrected chi connectivity index (χ1v) is 5.34. The zero-order chi connectivity index (χ0) is 10.0. The number of rotatable bonds is 3. The van der Waals surface area contributed by atoms with Gasteiger partial charge in [-0.3, -0.25) is 4.79 Å². The average Bonchev–Trinajstić information content (AvgIpc) is 3.02. The quantitative estimate of drug-likeness (QED) is 0.673. The molecule has 0 bridgehead atoms. The first kappa shape index (κ1) is 9.93. The average molecular weight is 198 g/mol. The van der Waals surface area contributed by atoms with Gasteiger partial charge in [0.1, 0.15) is 5.60 Å². The normalized spacial score (nSPS) is 25.8. The number of hydrogen-bond acceptors (Lipinski definition) is 3. The smallest absolute Gasteiger partial charge is 0.252 e. The van der Waals surface area contributed by atoms with E-state index >= 15 is 0 Å². The Morgan fingerprint density at radius 3 is 2.57 bits per heavy atom. The highest BCUT2D eigenvalue weighted by molar-refractivity contribution is 5.85.